The van der Waals surface area contributed by atoms with Gasteiger partial charge in [-0.3, -0.25) is 0 Å². The number of thiophene rings is 1. The van der Waals surface area contributed by atoms with Crippen molar-refractivity contribution in [1.29, 1.82) is 0 Å². The second-order valence-corrected chi connectivity index (χ2v) is 12.3. The number of nitrogens with zero attached hydrogens (tertiary/aromatic N) is 2. The predicted octanol–water partition coefficient (Wildman–Crippen LogP) is 11.7. The van der Waals surface area contributed by atoms with Gasteiger partial charge in [-0.15, -0.1) is 11.3 Å². The van der Waals surface area contributed by atoms with Gasteiger partial charge in [0.2, 0.25) is 0 Å². The van der Waals surface area contributed by atoms with Crippen molar-refractivity contribution in [2.24, 2.45) is 0 Å². The fraction of sp³-hybridized carbons (Fsp3) is 0. The molecule has 0 atom stereocenters. The minimum absolute atomic E-state index is 0.973. The molecule has 0 spiro atoms. The summed E-state index contributed by atoms with van der Waals surface area (Å²) in [5, 5.41) is 5.28. The molecule has 9 rings (SSSR count). The molecule has 3 heteroatoms. The summed E-state index contributed by atoms with van der Waals surface area (Å²) < 4.78 is 2.68. The first-order chi connectivity index (χ1) is 21.8. The number of hydrogen-bond donors (Lipinski definition) is 0. The van der Waals surface area contributed by atoms with Crippen molar-refractivity contribution >= 4 is 59.7 Å². The second-order valence-electron chi connectivity index (χ2n) is 11.2. The molecule has 8 aromatic rings. The van der Waals surface area contributed by atoms with Crippen molar-refractivity contribution in [3.63, 3.8) is 0 Å². The first kappa shape index (κ1) is 25.0. The third kappa shape index (κ3) is 4.05. The highest BCUT2D eigenvalue weighted by atomic mass is 32.1. The van der Waals surface area contributed by atoms with E-state index < -0.39 is 0 Å². The lowest BCUT2D eigenvalue weighted by Crippen LogP contribution is -2.11. The molecule has 6 aromatic carbocycles. The maximum atomic E-state index is 5.05. The Bertz CT molecular complexity index is 2310. The average molecular weight is 579 g/mol. The van der Waals surface area contributed by atoms with Crippen LogP contribution < -0.4 is 4.90 Å². The summed E-state index contributed by atoms with van der Waals surface area (Å²) in [6, 6.07) is 51.9. The summed E-state index contributed by atoms with van der Waals surface area (Å²) in [5.74, 6) is 0. The minimum atomic E-state index is 0.973. The smallest absolute Gasteiger partial charge is 0.0715 e. The van der Waals surface area contributed by atoms with Crippen molar-refractivity contribution in [2.45, 2.75) is 0 Å². The van der Waals surface area contributed by atoms with Crippen LogP contribution in [0.2, 0.25) is 0 Å². The molecule has 0 unspecified atom stereocenters. The number of pyridine rings is 1. The molecule has 206 valence electrons. The minimum Gasteiger partial charge on any atom is -0.317 e. The van der Waals surface area contributed by atoms with Crippen LogP contribution in [-0.2, 0) is 0 Å². The standard InChI is InChI=1S/C41H26N2S/c1-3-10-28(11-4-1)35-24-31(25-36(42-35)29-12-5-2-6-13-29)27-18-20-32(21-19-27)43-23-22-34-40-30(14-9-16-37(40)43)26-39-41(34)33-15-7-8-17-38(33)44-39/h1-26H. The molecule has 0 fully saturated rings. The van der Waals surface area contributed by atoms with E-state index in [2.05, 4.69) is 151 Å². The molecule has 0 amide bonds. The zero-order valence-corrected chi connectivity index (χ0v) is 24.6. The quantitative estimate of drug-likeness (QED) is 0.206. The number of benzene rings is 6. The molecular weight excluding hydrogens is 553 g/mol. The van der Waals surface area contributed by atoms with Gasteiger partial charge in [0.15, 0.2) is 0 Å². The van der Waals surface area contributed by atoms with E-state index in [4.69, 9.17) is 4.98 Å². The Morgan fingerprint density at radius 1 is 0.500 bits per heavy atom. The van der Waals surface area contributed by atoms with Crippen LogP contribution in [0.15, 0.2) is 152 Å². The third-order valence-corrected chi connectivity index (χ3v) is 9.73. The Kier molecular flexibility index (Phi) is 5.71. The van der Waals surface area contributed by atoms with Crippen molar-refractivity contribution in [3.05, 3.63) is 157 Å². The Morgan fingerprint density at radius 2 is 1.18 bits per heavy atom. The van der Waals surface area contributed by atoms with E-state index in [1.54, 1.807) is 0 Å². The van der Waals surface area contributed by atoms with Gasteiger partial charge in [0.05, 0.1) is 17.1 Å². The van der Waals surface area contributed by atoms with E-state index in [9.17, 15) is 0 Å². The average Bonchev–Trinajstić information content (AvgIpc) is 3.48. The van der Waals surface area contributed by atoms with Crippen LogP contribution in [0.4, 0.5) is 11.4 Å². The van der Waals surface area contributed by atoms with Gasteiger partial charge in [0, 0.05) is 48.6 Å². The Labute approximate surface area is 259 Å². The molecule has 0 bridgehead atoms. The van der Waals surface area contributed by atoms with Crippen LogP contribution in [0.1, 0.15) is 5.56 Å². The van der Waals surface area contributed by atoms with Crippen molar-refractivity contribution in [2.75, 3.05) is 4.90 Å². The SMILES string of the molecule is C1=CN(c2ccc(-c3cc(-c4ccccc4)nc(-c4ccccc4)c3)cc2)c2cccc3cc4sc5ccccc5c4c1c23. The summed E-state index contributed by atoms with van der Waals surface area (Å²) in [6.07, 6.45) is 4.53. The highest BCUT2D eigenvalue weighted by Gasteiger charge is 2.21. The molecule has 0 saturated carbocycles. The normalized spacial score (nSPS) is 12.4. The van der Waals surface area contributed by atoms with Gasteiger partial charge in [0.25, 0.3) is 0 Å². The van der Waals surface area contributed by atoms with E-state index in [-0.39, 0.29) is 0 Å². The monoisotopic (exact) mass is 578 g/mol. The maximum Gasteiger partial charge on any atom is 0.0715 e. The van der Waals surface area contributed by atoms with Gasteiger partial charge in [-0.25, -0.2) is 4.98 Å². The van der Waals surface area contributed by atoms with Crippen molar-refractivity contribution < 1.29 is 0 Å². The van der Waals surface area contributed by atoms with Gasteiger partial charge in [-0.1, -0.05) is 103 Å². The molecular formula is C41H26N2S. The maximum absolute atomic E-state index is 5.05. The van der Waals surface area contributed by atoms with Crippen LogP contribution in [-0.4, -0.2) is 4.98 Å². The number of fused-ring (bicyclic) bond motifs is 4. The molecule has 1 aliphatic heterocycles. The number of hydrogen-bond acceptors (Lipinski definition) is 3. The van der Waals surface area contributed by atoms with Gasteiger partial charge in [-0.2, -0.15) is 0 Å². The van der Waals surface area contributed by atoms with Crippen LogP contribution in [0.25, 0.3) is 70.7 Å². The topological polar surface area (TPSA) is 16.1 Å². The van der Waals surface area contributed by atoms with Gasteiger partial charge in [-0.05, 0) is 70.6 Å². The number of anilines is 2. The zero-order chi connectivity index (χ0) is 29.0. The lowest BCUT2D eigenvalue weighted by atomic mass is 9.94. The highest BCUT2D eigenvalue weighted by molar-refractivity contribution is 7.26. The molecule has 0 radical (unpaired) electrons. The van der Waals surface area contributed by atoms with Crippen LogP contribution in [0.5, 0.6) is 0 Å². The summed E-state index contributed by atoms with van der Waals surface area (Å²) in [5.41, 5.74) is 10.2. The van der Waals surface area contributed by atoms with Crippen LogP contribution >= 0.6 is 11.3 Å². The summed E-state index contributed by atoms with van der Waals surface area (Å²) in [7, 11) is 0. The van der Waals surface area contributed by atoms with E-state index in [1.165, 1.54) is 42.2 Å². The molecule has 2 aromatic heterocycles. The van der Waals surface area contributed by atoms with Crippen molar-refractivity contribution in [1.82, 2.24) is 4.98 Å². The fourth-order valence-corrected chi connectivity index (χ4v) is 7.70. The summed E-state index contributed by atoms with van der Waals surface area (Å²) >= 11 is 1.88. The van der Waals surface area contributed by atoms with Crippen molar-refractivity contribution in [3.8, 4) is 33.6 Å². The first-order valence-corrected chi connectivity index (χ1v) is 15.7. The zero-order valence-electron chi connectivity index (χ0n) is 23.8. The molecule has 2 nitrogen and oxygen atoms in total. The third-order valence-electron chi connectivity index (χ3n) is 8.62. The lowest BCUT2D eigenvalue weighted by molar-refractivity contribution is 1.29. The van der Waals surface area contributed by atoms with Crippen LogP contribution in [0.3, 0.4) is 0 Å². The molecule has 0 saturated heterocycles. The number of aromatic nitrogens is 1. The van der Waals surface area contributed by atoms with Gasteiger partial charge in [0.1, 0.15) is 0 Å². The Hall–Kier alpha value is -5.51. The van der Waals surface area contributed by atoms with E-state index in [0.29, 0.717) is 0 Å². The summed E-state index contributed by atoms with van der Waals surface area (Å²) in [4.78, 5) is 7.37. The van der Waals surface area contributed by atoms with Gasteiger partial charge < -0.3 is 4.90 Å². The Morgan fingerprint density at radius 3 is 1.91 bits per heavy atom. The fourth-order valence-electron chi connectivity index (χ4n) is 6.53. The first-order valence-electron chi connectivity index (χ1n) is 14.9. The lowest BCUT2D eigenvalue weighted by Gasteiger charge is -2.27. The largest absolute Gasteiger partial charge is 0.317 e. The molecule has 0 aliphatic carbocycles. The molecule has 3 heterocycles. The predicted molar refractivity (Wildman–Crippen MR) is 189 cm³/mol. The van der Waals surface area contributed by atoms with E-state index in [1.807, 2.05) is 23.5 Å². The van der Waals surface area contributed by atoms with E-state index in [0.717, 1.165) is 39.3 Å². The van der Waals surface area contributed by atoms with E-state index >= 15 is 0 Å². The molecule has 1 aliphatic rings. The highest BCUT2D eigenvalue weighted by Crippen LogP contribution is 2.46. The van der Waals surface area contributed by atoms with Crippen LogP contribution in [0, 0.1) is 0 Å². The number of rotatable bonds is 4. The second kappa shape index (κ2) is 10.0. The molecule has 44 heavy (non-hydrogen) atoms. The summed E-state index contributed by atoms with van der Waals surface area (Å²) in [6.45, 7) is 0. The molecule has 0 N–H and O–H groups in total. The Balaban J connectivity index is 1.14. The van der Waals surface area contributed by atoms with Gasteiger partial charge >= 0.3 is 0 Å².